The van der Waals surface area contributed by atoms with Gasteiger partial charge in [-0.2, -0.15) is 5.10 Å². The molecule has 0 aliphatic rings. The molecule has 1 amide bonds. The molecule has 23 heavy (non-hydrogen) atoms. The fourth-order valence-electron chi connectivity index (χ4n) is 2.38. The van der Waals surface area contributed by atoms with Crippen LogP contribution in [0.15, 0.2) is 36.4 Å². The standard InChI is InChI=1S/C16H13Cl2N3O2/c1-19-16(22)23-15-12-5-3-4-11(14(12)20-21(15)2)10-7-6-9(17)8-13(10)18/h3-8H,1-2H3,(H,19,22). The third-order valence-electron chi connectivity index (χ3n) is 3.43. The lowest BCUT2D eigenvalue weighted by Gasteiger charge is -2.06. The van der Waals surface area contributed by atoms with Gasteiger partial charge in [-0.05, 0) is 18.2 Å². The van der Waals surface area contributed by atoms with E-state index in [2.05, 4.69) is 10.4 Å². The van der Waals surface area contributed by atoms with Gasteiger partial charge in [0.05, 0.1) is 5.39 Å². The molecule has 5 nitrogen and oxygen atoms in total. The number of aryl methyl sites for hydroxylation is 1. The van der Waals surface area contributed by atoms with E-state index in [4.69, 9.17) is 27.9 Å². The molecular weight excluding hydrogens is 337 g/mol. The Morgan fingerprint density at radius 2 is 2.00 bits per heavy atom. The highest BCUT2D eigenvalue weighted by Crippen LogP contribution is 2.37. The lowest BCUT2D eigenvalue weighted by molar-refractivity contribution is 0.199. The minimum absolute atomic E-state index is 0.367. The molecule has 0 aliphatic heterocycles. The Labute approximate surface area is 142 Å². The quantitative estimate of drug-likeness (QED) is 0.751. The number of benzene rings is 2. The summed E-state index contributed by atoms with van der Waals surface area (Å²) in [5, 5.41) is 8.70. The number of carbonyl (C=O) groups is 1. The van der Waals surface area contributed by atoms with Gasteiger partial charge in [-0.3, -0.25) is 0 Å². The minimum Gasteiger partial charge on any atom is -0.391 e. The Morgan fingerprint density at radius 3 is 2.70 bits per heavy atom. The van der Waals surface area contributed by atoms with Crippen molar-refractivity contribution >= 4 is 40.2 Å². The highest BCUT2D eigenvalue weighted by atomic mass is 35.5. The first-order valence-electron chi connectivity index (χ1n) is 6.82. The van der Waals surface area contributed by atoms with Gasteiger partial charge >= 0.3 is 6.09 Å². The van der Waals surface area contributed by atoms with Crippen LogP contribution in [0.3, 0.4) is 0 Å². The van der Waals surface area contributed by atoms with Crippen molar-refractivity contribution in [3.63, 3.8) is 0 Å². The second-order valence-electron chi connectivity index (χ2n) is 4.89. The van der Waals surface area contributed by atoms with Crippen LogP contribution in [-0.2, 0) is 7.05 Å². The molecule has 1 heterocycles. The summed E-state index contributed by atoms with van der Waals surface area (Å²) in [6.07, 6.45) is -0.551. The number of hydrogen-bond acceptors (Lipinski definition) is 3. The van der Waals surface area contributed by atoms with Gasteiger partial charge in [-0.1, -0.05) is 41.4 Å². The number of nitrogens with zero attached hydrogens (tertiary/aromatic N) is 2. The van der Waals surface area contributed by atoms with Crippen LogP contribution >= 0.6 is 23.2 Å². The van der Waals surface area contributed by atoms with Gasteiger partial charge < -0.3 is 10.1 Å². The predicted molar refractivity (Wildman–Crippen MR) is 91.3 cm³/mol. The van der Waals surface area contributed by atoms with E-state index in [-0.39, 0.29) is 0 Å². The summed E-state index contributed by atoms with van der Waals surface area (Å²) in [6.45, 7) is 0. The maximum Gasteiger partial charge on any atom is 0.413 e. The first-order chi connectivity index (χ1) is 11.0. The largest absolute Gasteiger partial charge is 0.413 e. The zero-order valence-corrected chi connectivity index (χ0v) is 13.9. The number of amides is 1. The molecular formula is C16H13Cl2N3O2. The van der Waals surface area contributed by atoms with Gasteiger partial charge in [0.25, 0.3) is 0 Å². The summed E-state index contributed by atoms with van der Waals surface area (Å²) in [6, 6.07) is 10.9. The van der Waals surface area contributed by atoms with Crippen LogP contribution in [-0.4, -0.2) is 22.9 Å². The topological polar surface area (TPSA) is 56.1 Å². The summed E-state index contributed by atoms with van der Waals surface area (Å²) >= 11 is 12.3. The minimum atomic E-state index is -0.551. The Kier molecular flexibility index (Phi) is 4.15. The van der Waals surface area contributed by atoms with Crippen LogP contribution in [0.25, 0.3) is 22.0 Å². The van der Waals surface area contributed by atoms with E-state index in [1.54, 1.807) is 19.2 Å². The molecule has 7 heteroatoms. The maximum atomic E-state index is 11.5. The van der Waals surface area contributed by atoms with E-state index < -0.39 is 6.09 Å². The molecule has 2 aromatic carbocycles. The Bertz CT molecular complexity index is 906. The van der Waals surface area contributed by atoms with Crippen molar-refractivity contribution in [2.24, 2.45) is 7.05 Å². The highest BCUT2D eigenvalue weighted by Gasteiger charge is 2.17. The second kappa shape index (κ2) is 6.10. The van der Waals surface area contributed by atoms with E-state index >= 15 is 0 Å². The zero-order chi connectivity index (χ0) is 16.6. The zero-order valence-electron chi connectivity index (χ0n) is 12.4. The fraction of sp³-hybridized carbons (Fsp3) is 0.125. The van der Waals surface area contributed by atoms with Crippen LogP contribution in [0.5, 0.6) is 5.88 Å². The smallest absolute Gasteiger partial charge is 0.391 e. The second-order valence-corrected chi connectivity index (χ2v) is 5.74. The van der Waals surface area contributed by atoms with Crippen molar-refractivity contribution < 1.29 is 9.53 Å². The Morgan fingerprint density at radius 1 is 1.22 bits per heavy atom. The molecule has 0 bridgehead atoms. The molecule has 0 saturated carbocycles. The van der Waals surface area contributed by atoms with Gasteiger partial charge in [-0.15, -0.1) is 0 Å². The molecule has 3 aromatic rings. The van der Waals surface area contributed by atoms with Gasteiger partial charge in [0.2, 0.25) is 5.88 Å². The van der Waals surface area contributed by atoms with E-state index in [1.807, 2.05) is 24.3 Å². The number of ether oxygens (including phenoxy) is 1. The number of carbonyl (C=O) groups excluding carboxylic acids is 1. The molecule has 1 aromatic heterocycles. The summed E-state index contributed by atoms with van der Waals surface area (Å²) < 4.78 is 6.81. The molecule has 1 N–H and O–H groups in total. The monoisotopic (exact) mass is 349 g/mol. The molecule has 0 saturated heterocycles. The van der Waals surface area contributed by atoms with Crippen molar-refractivity contribution in [1.82, 2.24) is 15.1 Å². The molecule has 0 spiro atoms. The number of hydrogen-bond donors (Lipinski definition) is 1. The van der Waals surface area contributed by atoms with Crippen molar-refractivity contribution in [3.05, 3.63) is 46.4 Å². The molecule has 0 radical (unpaired) electrons. The average Bonchev–Trinajstić information content (AvgIpc) is 2.83. The van der Waals surface area contributed by atoms with E-state index in [0.717, 1.165) is 16.5 Å². The van der Waals surface area contributed by atoms with E-state index in [1.165, 1.54) is 11.7 Å². The number of rotatable bonds is 2. The van der Waals surface area contributed by atoms with Crippen molar-refractivity contribution in [2.75, 3.05) is 7.05 Å². The van der Waals surface area contributed by atoms with Gasteiger partial charge in [0.15, 0.2) is 0 Å². The summed E-state index contributed by atoms with van der Waals surface area (Å²) in [5.74, 6) is 0.367. The third kappa shape index (κ3) is 2.85. The summed E-state index contributed by atoms with van der Waals surface area (Å²) in [7, 11) is 3.21. The normalized spacial score (nSPS) is 10.8. The highest BCUT2D eigenvalue weighted by molar-refractivity contribution is 6.36. The number of fused-ring (bicyclic) bond motifs is 1. The molecule has 118 valence electrons. The number of halogens is 2. The van der Waals surface area contributed by atoms with Crippen LogP contribution in [0, 0.1) is 0 Å². The summed E-state index contributed by atoms with van der Waals surface area (Å²) in [5.41, 5.74) is 2.34. The lowest BCUT2D eigenvalue weighted by atomic mass is 10.0. The first kappa shape index (κ1) is 15.6. The maximum absolute atomic E-state index is 11.5. The van der Waals surface area contributed by atoms with Crippen LogP contribution in [0.4, 0.5) is 4.79 Å². The van der Waals surface area contributed by atoms with Crippen LogP contribution in [0.2, 0.25) is 10.0 Å². The van der Waals surface area contributed by atoms with Gasteiger partial charge in [-0.25, -0.2) is 9.48 Å². The SMILES string of the molecule is CNC(=O)Oc1c2cccc(-c3ccc(Cl)cc3Cl)c2nn1C. The average molecular weight is 350 g/mol. The number of nitrogens with one attached hydrogen (secondary N) is 1. The molecule has 0 unspecified atom stereocenters. The number of aromatic nitrogens is 2. The fourth-order valence-corrected chi connectivity index (χ4v) is 2.89. The molecule has 0 fully saturated rings. The van der Waals surface area contributed by atoms with Gasteiger partial charge in [0, 0.05) is 35.3 Å². The van der Waals surface area contributed by atoms with Gasteiger partial charge in [0.1, 0.15) is 5.52 Å². The first-order valence-corrected chi connectivity index (χ1v) is 7.57. The molecule has 0 atom stereocenters. The van der Waals surface area contributed by atoms with Crippen molar-refractivity contribution in [3.8, 4) is 17.0 Å². The Hall–Kier alpha value is -2.24. The third-order valence-corrected chi connectivity index (χ3v) is 3.97. The van der Waals surface area contributed by atoms with E-state index in [9.17, 15) is 4.79 Å². The Balaban J connectivity index is 2.20. The van der Waals surface area contributed by atoms with Crippen molar-refractivity contribution in [1.29, 1.82) is 0 Å². The van der Waals surface area contributed by atoms with E-state index in [0.29, 0.717) is 21.4 Å². The summed E-state index contributed by atoms with van der Waals surface area (Å²) in [4.78, 5) is 11.5. The van der Waals surface area contributed by atoms with Crippen LogP contribution in [0.1, 0.15) is 0 Å². The lowest BCUT2D eigenvalue weighted by Crippen LogP contribution is -2.23. The van der Waals surface area contributed by atoms with Crippen molar-refractivity contribution in [2.45, 2.75) is 0 Å². The molecule has 3 rings (SSSR count). The predicted octanol–water partition coefficient (Wildman–Crippen LogP) is 4.27. The van der Waals surface area contributed by atoms with Crippen LogP contribution < -0.4 is 10.1 Å². The molecule has 0 aliphatic carbocycles.